The van der Waals surface area contributed by atoms with E-state index in [9.17, 15) is 8.42 Å². The first-order chi connectivity index (χ1) is 6.42. The fraction of sp³-hybridized carbons (Fsp3) is 1.00. The fourth-order valence-corrected chi connectivity index (χ4v) is 6.03. The monoisotopic (exact) mass is 215 g/mol. The van der Waals surface area contributed by atoms with Crippen molar-refractivity contribution in [2.45, 2.75) is 32.7 Å². The Hall–Kier alpha value is -0.0900. The molecule has 0 spiro atoms. The van der Waals surface area contributed by atoms with Crippen molar-refractivity contribution in [3.05, 3.63) is 0 Å². The van der Waals surface area contributed by atoms with Gasteiger partial charge in [0.1, 0.15) is 0 Å². The molecule has 0 amide bonds. The number of fused-ring (bicyclic) bond motifs is 5. The molecule has 2 saturated carbocycles. The van der Waals surface area contributed by atoms with E-state index in [1.165, 1.54) is 12.8 Å². The van der Waals surface area contributed by atoms with Crippen molar-refractivity contribution in [2.75, 3.05) is 5.75 Å². The van der Waals surface area contributed by atoms with Gasteiger partial charge in [0, 0.05) is 6.04 Å². The summed E-state index contributed by atoms with van der Waals surface area (Å²) in [4.78, 5) is 0. The highest BCUT2D eigenvalue weighted by Gasteiger charge is 2.62. The van der Waals surface area contributed by atoms with Crippen LogP contribution >= 0.6 is 0 Å². The van der Waals surface area contributed by atoms with Gasteiger partial charge in [-0.3, -0.25) is 0 Å². The average molecular weight is 215 g/mol. The van der Waals surface area contributed by atoms with Crippen LogP contribution in [0.25, 0.3) is 0 Å². The molecule has 4 atom stereocenters. The van der Waals surface area contributed by atoms with Crippen molar-refractivity contribution in [2.24, 2.45) is 23.2 Å². The van der Waals surface area contributed by atoms with Crippen molar-refractivity contribution in [3.63, 3.8) is 0 Å². The van der Waals surface area contributed by atoms with Crippen LogP contribution in [0.3, 0.4) is 0 Å². The maximum atomic E-state index is 11.5. The first-order valence-electron chi connectivity index (χ1n) is 5.42. The van der Waals surface area contributed by atoms with Crippen LogP contribution in [0.4, 0.5) is 0 Å². The molecule has 1 saturated heterocycles. The average Bonchev–Trinajstić information content (AvgIpc) is 2.54. The maximum absolute atomic E-state index is 11.5. The summed E-state index contributed by atoms with van der Waals surface area (Å²) < 4.78 is 25.8. The van der Waals surface area contributed by atoms with Gasteiger partial charge < -0.3 is 0 Å². The van der Waals surface area contributed by atoms with Gasteiger partial charge in [-0.05, 0) is 36.0 Å². The van der Waals surface area contributed by atoms with Crippen LogP contribution in [0.5, 0.6) is 0 Å². The topological polar surface area (TPSA) is 46.2 Å². The molecule has 3 fully saturated rings. The minimum Gasteiger partial charge on any atom is -0.212 e. The molecule has 2 aliphatic carbocycles. The van der Waals surface area contributed by atoms with Crippen molar-refractivity contribution >= 4 is 10.0 Å². The minimum absolute atomic E-state index is 0.258. The standard InChI is InChI=1S/C10H17NO2S/c1-10(2)7-3-4-8(10)9-6(7)5-14(12,13)11-9/h6-9,11H,3-5H2,1-2H3/t6-,7-,8+,9+/m1/s1. The van der Waals surface area contributed by atoms with E-state index < -0.39 is 10.0 Å². The van der Waals surface area contributed by atoms with Crippen molar-refractivity contribution < 1.29 is 8.42 Å². The van der Waals surface area contributed by atoms with Crippen LogP contribution in [0.2, 0.25) is 0 Å². The minimum atomic E-state index is -2.93. The van der Waals surface area contributed by atoms with Crippen LogP contribution in [0.1, 0.15) is 26.7 Å². The molecule has 0 radical (unpaired) electrons. The van der Waals surface area contributed by atoms with Crippen molar-refractivity contribution in [3.8, 4) is 0 Å². The van der Waals surface area contributed by atoms with Crippen molar-refractivity contribution in [1.82, 2.24) is 4.72 Å². The molecule has 0 aromatic carbocycles. The molecule has 0 unspecified atom stereocenters. The van der Waals surface area contributed by atoms with Gasteiger partial charge >= 0.3 is 0 Å². The molecule has 0 aromatic heterocycles. The summed E-state index contributed by atoms with van der Waals surface area (Å²) in [7, 11) is -2.93. The zero-order valence-corrected chi connectivity index (χ0v) is 9.47. The summed E-state index contributed by atoms with van der Waals surface area (Å²) in [5.41, 5.74) is 0.359. The summed E-state index contributed by atoms with van der Waals surface area (Å²) in [6, 6.07) is 0.258. The Morgan fingerprint density at radius 1 is 1.21 bits per heavy atom. The fourth-order valence-electron chi connectivity index (χ4n) is 4.23. The van der Waals surface area contributed by atoms with Crippen LogP contribution in [0.15, 0.2) is 0 Å². The predicted octanol–water partition coefficient (Wildman–Crippen LogP) is 0.970. The van der Waals surface area contributed by atoms with Crippen LogP contribution in [-0.4, -0.2) is 20.2 Å². The molecule has 4 heteroatoms. The summed E-state index contributed by atoms with van der Waals surface area (Å²) in [6.45, 7) is 4.61. The third kappa shape index (κ3) is 0.936. The first kappa shape index (κ1) is 9.16. The highest BCUT2D eigenvalue weighted by molar-refractivity contribution is 7.89. The van der Waals surface area contributed by atoms with Gasteiger partial charge in [0.25, 0.3) is 0 Å². The Balaban J connectivity index is 2.01. The van der Waals surface area contributed by atoms with Crippen LogP contribution in [-0.2, 0) is 10.0 Å². The van der Waals surface area contributed by atoms with E-state index in [0.717, 1.165) is 0 Å². The second-order valence-electron chi connectivity index (χ2n) is 5.70. The Morgan fingerprint density at radius 2 is 1.86 bits per heavy atom. The summed E-state index contributed by atoms with van der Waals surface area (Å²) in [5.74, 6) is 1.98. The van der Waals surface area contributed by atoms with Crippen LogP contribution in [0, 0.1) is 23.2 Å². The molecular formula is C10H17NO2S. The van der Waals surface area contributed by atoms with E-state index in [4.69, 9.17) is 0 Å². The predicted molar refractivity (Wildman–Crippen MR) is 54.2 cm³/mol. The Morgan fingerprint density at radius 3 is 2.50 bits per heavy atom. The molecular weight excluding hydrogens is 198 g/mol. The quantitative estimate of drug-likeness (QED) is 0.654. The zero-order chi connectivity index (χ0) is 10.1. The Bertz CT molecular complexity index is 346. The third-order valence-electron chi connectivity index (χ3n) is 4.84. The summed E-state index contributed by atoms with van der Waals surface area (Å²) in [6.07, 6.45) is 2.44. The number of sulfonamides is 1. The van der Waals surface area contributed by atoms with Gasteiger partial charge in [-0.2, -0.15) is 0 Å². The Kier molecular flexibility index (Phi) is 1.54. The van der Waals surface area contributed by atoms with Gasteiger partial charge in [0.05, 0.1) is 5.75 Å². The lowest BCUT2D eigenvalue weighted by Crippen LogP contribution is -2.35. The van der Waals surface area contributed by atoms with Gasteiger partial charge in [0.15, 0.2) is 0 Å². The van der Waals surface area contributed by atoms with Crippen molar-refractivity contribution in [1.29, 1.82) is 0 Å². The molecule has 2 bridgehead atoms. The molecule has 80 valence electrons. The van der Waals surface area contributed by atoms with Gasteiger partial charge in [-0.25, -0.2) is 13.1 Å². The number of nitrogens with one attached hydrogen (secondary N) is 1. The summed E-state index contributed by atoms with van der Waals surface area (Å²) >= 11 is 0. The number of hydrogen-bond acceptors (Lipinski definition) is 2. The molecule has 3 aliphatic rings. The third-order valence-corrected chi connectivity index (χ3v) is 6.29. The molecule has 14 heavy (non-hydrogen) atoms. The van der Waals surface area contributed by atoms with Gasteiger partial charge in [-0.15, -0.1) is 0 Å². The van der Waals surface area contributed by atoms with Gasteiger partial charge in [-0.1, -0.05) is 13.8 Å². The van der Waals surface area contributed by atoms with E-state index in [0.29, 0.717) is 28.9 Å². The van der Waals surface area contributed by atoms with E-state index in [1.54, 1.807) is 0 Å². The molecule has 1 heterocycles. The summed E-state index contributed by atoms with van der Waals surface area (Å²) in [5, 5.41) is 0. The van der Waals surface area contributed by atoms with Gasteiger partial charge in [0.2, 0.25) is 10.0 Å². The van der Waals surface area contributed by atoms with E-state index >= 15 is 0 Å². The number of hydrogen-bond donors (Lipinski definition) is 1. The second kappa shape index (κ2) is 2.35. The lowest BCUT2D eigenvalue weighted by atomic mass is 9.80. The lowest BCUT2D eigenvalue weighted by Gasteiger charge is -2.26. The normalized spacial score (nSPS) is 52.1. The molecule has 1 aliphatic heterocycles. The van der Waals surface area contributed by atoms with E-state index in [2.05, 4.69) is 18.6 Å². The van der Waals surface area contributed by atoms with E-state index in [1.807, 2.05) is 0 Å². The zero-order valence-electron chi connectivity index (χ0n) is 8.66. The number of rotatable bonds is 0. The molecule has 1 N–H and O–H groups in total. The van der Waals surface area contributed by atoms with Crippen LogP contribution < -0.4 is 4.72 Å². The first-order valence-corrected chi connectivity index (χ1v) is 7.07. The molecule has 3 rings (SSSR count). The molecule has 0 aromatic rings. The molecule has 3 nitrogen and oxygen atoms in total. The second-order valence-corrected chi connectivity index (χ2v) is 7.50. The smallest absolute Gasteiger partial charge is 0.212 e. The van der Waals surface area contributed by atoms with E-state index in [-0.39, 0.29) is 6.04 Å². The largest absolute Gasteiger partial charge is 0.212 e. The SMILES string of the molecule is CC1(C)[C@@H]2CC[C@H]1[C@H]1NS(=O)(=O)C[C@@H]12. The Labute approximate surface area is 85.3 Å². The highest BCUT2D eigenvalue weighted by atomic mass is 32.2. The maximum Gasteiger partial charge on any atom is 0.212 e. The highest BCUT2D eigenvalue weighted by Crippen LogP contribution is 2.61. The lowest BCUT2D eigenvalue weighted by molar-refractivity contribution is 0.240.